The Morgan fingerprint density at radius 2 is 1.79 bits per heavy atom. The second-order valence-electron chi connectivity index (χ2n) is 7.76. The summed E-state index contributed by atoms with van der Waals surface area (Å²) in [6.45, 7) is 0.627. The first-order valence-corrected chi connectivity index (χ1v) is 11.7. The summed E-state index contributed by atoms with van der Waals surface area (Å²) in [6, 6.07) is 19.7. The van der Waals surface area contributed by atoms with Crippen LogP contribution in [-0.4, -0.2) is 51.9 Å². The smallest absolute Gasteiger partial charge is 0.233 e. The standard InChI is InChI=1S/C25H24N4O3S/c1-31-20-14-18-11-13-29(23(30)16-33-25-27-26-22-10-6-7-12-28(22)25)24(17-8-4-3-5-9-17)19(18)15-21(20)32-2/h3-10,12,14-15,24H,11,13,16H2,1-2H3. The van der Waals surface area contributed by atoms with E-state index in [4.69, 9.17) is 9.47 Å². The Morgan fingerprint density at radius 3 is 2.58 bits per heavy atom. The zero-order valence-electron chi connectivity index (χ0n) is 18.5. The minimum absolute atomic E-state index is 0.0574. The van der Waals surface area contributed by atoms with Crippen LogP contribution >= 0.6 is 11.8 Å². The second kappa shape index (κ2) is 9.15. The number of benzene rings is 2. The maximum Gasteiger partial charge on any atom is 0.233 e. The first-order chi connectivity index (χ1) is 16.2. The average Bonchev–Trinajstić information content (AvgIpc) is 3.29. The highest BCUT2D eigenvalue weighted by molar-refractivity contribution is 7.99. The van der Waals surface area contributed by atoms with E-state index in [1.54, 1.807) is 14.2 Å². The molecule has 33 heavy (non-hydrogen) atoms. The number of nitrogens with zero attached hydrogens (tertiary/aromatic N) is 4. The zero-order chi connectivity index (χ0) is 22.8. The molecule has 1 aliphatic heterocycles. The van der Waals surface area contributed by atoms with Crippen molar-refractivity contribution < 1.29 is 14.3 Å². The lowest BCUT2D eigenvalue weighted by molar-refractivity contribution is -0.130. The van der Waals surface area contributed by atoms with Crippen LogP contribution < -0.4 is 9.47 Å². The topological polar surface area (TPSA) is 69.0 Å². The summed E-state index contributed by atoms with van der Waals surface area (Å²) in [6.07, 6.45) is 2.66. The van der Waals surface area contributed by atoms with Gasteiger partial charge in [-0.15, -0.1) is 10.2 Å². The Morgan fingerprint density at radius 1 is 1.03 bits per heavy atom. The van der Waals surface area contributed by atoms with Crippen molar-refractivity contribution >= 4 is 23.3 Å². The number of carbonyl (C=O) groups excluding carboxylic acids is 1. The van der Waals surface area contributed by atoms with Gasteiger partial charge in [-0.2, -0.15) is 0 Å². The third-order valence-corrected chi connectivity index (χ3v) is 6.84. The molecule has 168 valence electrons. The van der Waals surface area contributed by atoms with Gasteiger partial charge in [-0.1, -0.05) is 48.2 Å². The number of amides is 1. The third-order valence-electron chi connectivity index (χ3n) is 5.92. The van der Waals surface area contributed by atoms with Gasteiger partial charge in [0.15, 0.2) is 22.3 Å². The molecule has 3 heterocycles. The summed E-state index contributed by atoms with van der Waals surface area (Å²) in [4.78, 5) is 15.5. The Kier molecular flexibility index (Phi) is 5.92. The first kappa shape index (κ1) is 21.3. The number of pyridine rings is 1. The van der Waals surface area contributed by atoms with Gasteiger partial charge in [-0.05, 0) is 47.4 Å². The lowest BCUT2D eigenvalue weighted by Crippen LogP contribution is -2.41. The minimum atomic E-state index is -0.196. The van der Waals surface area contributed by atoms with E-state index in [-0.39, 0.29) is 17.7 Å². The number of hydrogen-bond donors (Lipinski definition) is 0. The van der Waals surface area contributed by atoms with Gasteiger partial charge in [0, 0.05) is 12.7 Å². The van der Waals surface area contributed by atoms with Gasteiger partial charge in [-0.3, -0.25) is 9.20 Å². The van der Waals surface area contributed by atoms with Crippen LogP contribution in [0.1, 0.15) is 22.7 Å². The Balaban J connectivity index is 1.46. The van der Waals surface area contributed by atoms with Crippen molar-refractivity contribution in [2.45, 2.75) is 17.6 Å². The van der Waals surface area contributed by atoms with Crippen LogP contribution in [0.2, 0.25) is 0 Å². The summed E-state index contributed by atoms with van der Waals surface area (Å²) >= 11 is 1.40. The third kappa shape index (κ3) is 4.02. The van der Waals surface area contributed by atoms with Crippen molar-refractivity contribution in [1.82, 2.24) is 19.5 Å². The fourth-order valence-corrected chi connectivity index (χ4v) is 5.15. The summed E-state index contributed by atoms with van der Waals surface area (Å²) in [7, 11) is 3.27. The van der Waals surface area contributed by atoms with Crippen LogP contribution in [0.25, 0.3) is 5.65 Å². The number of ether oxygens (including phenoxy) is 2. The fraction of sp³-hybridized carbons (Fsp3) is 0.240. The van der Waals surface area contributed by atoms with Gasteiger partial charge in [0.1, 0.15) is 0 Å². The van der Waals surface area contributed by atoms with E-state index in [2.05, 4.69) is 22.3 Å². The highest BCUT2D eigenvalue weighted by Crippen LogP contribution is 2.41. The van der Waals surface area contributed by atoms with Crippen LogP contribution in [0.5, 0.6) is 11.5 Å². The maximum absolute atomic E-state index is 13.5. The van der Waals surface area contributed by atoms with Gasteiger partial charge in [-0.25, -0.2) is 0 Å². The summed E-state index contributed by atoms with van der Waals surface area (Å²) in [5.74, 6) is 1.71. The quantitative estimate of drug-likeness (QED) is 0.405. The summed E-state index contributed by atoms with van der Waals surface area (Å²) in [5, 5.41) is 9.13. The molecule has 7 nitrogen and oxygen atoms in total. The molecular formula is C25H24N4O3S. The van der Waals surface area contributed by atoms with Gasteiger partial charge < -0.3 is 14.4 Å². The van der Waals surface area contributed by atoms with Crippen molar-refractivity contribution in [1.29, 1.82) is 0 Å². The molecule has 0 saturated carbocycles. The molecule has 8 heteroatoms. The van der Waals surface area contributed by atoms with E-state index in [1.807, 2.05) is 64.0 Å². The monoisotopic (exact) mass is 460 g/mol. The van der Waals surface area contributed by atoms with Crippen molar-refractivity contribution in [3.05, 3.63) is 83.6 Å². The number of rotatable bonds is 6. The molecule has 1 unspecified atom stereocenters. The number of aromatic nitrogens is 3. The molecule has 2 aromatic heterocycles. The van der Waals surface area contributed by atoms with E-state index in [9.17, 15) is 4.79 Å². The lowest BCUT2D eigenvalue weighted by Gasteiger charge is -2.38. The summed E-state index contributed by atoms with van der Waals surface area (Å²) < 4.78 is 13.0. The Bertz CT molecular complexity index is 1290. The van der Waals surface area contributed by atoms with Crippen molar-refractivity contribution in [3.8, 4) is 11.5 Å². The van der Waals surface area contributed by atoms with Crippen LogP contribution in [-0.2, 0) is 11.2 Å². The zero-order valence-corrected chi connectivity index (χ0v) is 19.3. The number of fused-ring (bicyclic) bond motifs is 2. The number of methoxy groups -OCH3 is 2. The van der Waals surface area contributed by atoms with Crippen molar-refractivity contribution in [2.75, 3.05) is 26.5 Å². The van der Waals surface area contributed by atoms with Crippen molar-refractivity contribution in [2.24, 2.45) is 0 Å². The van der Waals surface area contributed by atoms with Crippen LogP contribution in [0.3, 0.4) is 0 Å². The molecule has 5 rings (SSSR count). The van der Waals surface area contributed by atoms with Gasteiger partial charge in [0.25, 0.3) is 0 Å². The highest BCUT2D eigenvalue weighted by atomic mass is 32.2. The molecule has 0 bridgehead atoms. The van der Waals surface area contributed by atoms with E-state index in [0.29, 0.717) is 23.2 Å². The predicted octanol–water partition coefficient (Wildman–Crippen LogP) is 4.01. The normalized spacial score (nSPS) is 15.3. The molecule has 1 amide bonds. The largest absolute Gasteiger partial charge is 0.493 e. The average molecular weight is 461 g/mol. The number of carbonyl (C=O) groups is 1. The molecule has 0 fully saturated rings. The van der Waals surface area contributed by atoms with Gasteiger partial charge in [0.2, 0.25) is 5.91 Å². The molecule has 1 aliphatic rings. The lowest BCUT2D eigenvalue weighted by atomic mass is 9.87. The fourth-order valence-electron chi connectivity index (χ4n) is 4.34. The highest BCUT2D eigenvalue weighted by Gasteiger charge is 2.33. The SMILES string of the molecule is COc1cc2c(cc1OC)C(c1ccccc1)N(C(=O)CSc1nnc3ccccn13)CC2. The molecule has 0 radical (unpaired) electrons. The van der Waals surface area contributed by atoms with Crippen molar-refractivity contribution in [3.63, 3.8) is 0 Å². The predicted molar refractivity (Wildman–Crippen MR) is 127 cm³/mol. The van der Waals surface area contributed by atoms with E-state index in [0.717, 1.165) is 23.2 Å². The molecule has 2 aromatic carbocycles. The van der Waals surface area contributed by atoms with Gasteiger partial charge in [0.05, 0.1) is 26.0 Å². The Hall–Kier alpha value is -3.52. The second-order valence-corrected chi connectivity index (χ2v) is 8.70. The number of hydrogen-bond acceptors (Lipinski definition) is 6. The number of thioether (sulfide) groups is 1. The van der Waals surface area contributed by atoms with Crippen LogP contribution in [0.4, 0.5) is 0 Å². The molecule has 0 aliphatic carbocycles. The Labute approximate surface area is 196 Å². The van der Waals surface area contributed by atoms with E-state index in [1.165, 1.54) is 17.3 Å². The molecule has 1 atom stereocenters. The first-order valence-electron chi connectivity index (χ1n) is 10.7. The minimum Gasteiger partial charge on any atom is -0.493 e. The van der Waals surface area contributed by atoms with Crippen LogP contribution in [0.15, 0.2) is 72.0 Å². The molecule has 0 spiro atoms. The molecule has 4 aromatic rings. The summed E-state index contributed by atoms with van der Waals surface area (Å²) in [5.41, 5.74) is 4.07. The van der Waals surface area contributed by atoms with Crippen LogP contribution in [0, 0.1) is 0 Å². The molecule has 0 N–H and O–H groups in total. The molecular weight excluding hydrogens is 436 g/mol. The maximum atomic E-state index is 13.5. The van der Waals surface area contributed by atoms with E-state index >= 15 is 0 Å². The van der Waals surface area contributed by atoms with E-state index < -0.39 is 0 Å². The molecule has 0 saturated heterocycles. The van der Waals surface area contributed by atoms with Gasteiger partial charge >= 0.3 is 0 Å².